The van der Waals surface area contributed by atoms with Crippen molar-refractivity contribution in [3.8, 4) is 0 Å². The van der Waals surface area contributed by atoms with Crippen LogP contribution in [0.15, 0.2) is 24.3 Å². The summed E-state index contributed by atoms with van der Waals surface area (Å²) in [5.74, 6) is 0.633. The molecule has 0 fully saturated rings. The van der Waals surface area contributed by atoms with Gasteiger partial charge in [-0.25, -0.2) is 0 Å². The lowest BCUT2D eigenvalue weighted by molar-refractivity contribution is 0.384. The van der Waals surface area contributed by atoms with Gasteiger partial charge in [0.25, 0.3) is 0 Å². The highest BCUT2D eigenvalue weighted by atomic mass is 15.1. The zero-order chi connectivity index (χ0) is 13.8. The van der Waals surface area contributed by atoms with E-state index >= 15 is 0 Å². The zero-order valence-electron chi connectivity index (χ0n) is 12.7. The number of nitrogens with zero attached hydrogens (tertiary/aromatic N) is 1. The summed E-state index contributed by atoms with van der Waals surface area (Å²) >= 11 is 0. The first-order valence-electron chi connectivity index (χ1n) is 6.81. The Labute approximate surface area is 112 Å². The van der Waals surface area contributed by atoms with Gasteiger partial charge in [-0.1, -0.05) is 25.1 Å². The van der Waals surface area contributed by atoms with Crippen LogP contribution in [0.2, 0.25) is 0 Å². The average molecular weight is 248 g/mol. The van der Waals surface area contributed by atoms with Crippen LogP contribution in [0.5, 0.6) is 0 Å². The Morgan fingerprint density at radius 3 is 2.39 bits per heavy atom. The maximum absolute atomic E-state index is 3.57. The van der Waals surface area contributed by atoms with Gasteiger partial charge in [0.2, 0.25) is 0 Å². The van der Waals surface area contributed by atoms with Crippen molar-refractivity contribution in [3.63, 3.8) is 0 Å². The molecule has 0 saturated carbocycles. The largest absolute Gasteiger partial charge is 0.374 e. The SMILES string of the molecule is Cc1ccccc1N(C)CC(C)CNC(C)(C)C. The number of benzene rings is 1. The molecule has 0 heterocycles. The molecule has 0 amide bonds. The quantitative estimate of drug-likeness (QED) is 0.858. The van der Waals surface area contributed by atoms with E-state index in [1.807, 2.05) is 0 Å². The van der Waals surface area contributed by atoms with Crippen molar-refractivity contribution in [1.29, 1.82) is 0 Å². The Balaban J connectivity index is 2.50. The van der Waals surface area contributed by atoms with Crippen molar-refractivity contribution in [2.24, 2.45) is 5.92 Å². The van der Waals surface area contributed by atoms with Gasteiger partial charge in [-0.15, -0.1) is 0 Å². The lowest BCUT2D eigenvalue weighted by atomic mass is 10.1. The van der Waals surface area contributed by atoms with Gasteiger partial charge >= 0.3 is 0 Å². The predicted molar refractivity (Wildman–Crippen MR) is 81.4 cm³/mol. The first kappa shape index (κ1) is 15.0. The van der Waals surface area contributed by atoms with E-state index in [1.54, 1.807) is 0 Å². The third kappa shape index (κ3) is 5.09. The van der Waals surface area contributed by atoms with Crippen molar-refractivity contribution in [1.82, 2.24) is 5.32 Å². The van der Waals surface area contributed by atoms with Crippen LogP contribution in [0.1, 0.15) is 33.3 Å². The van der Waals surface area contributed by atoms with Gasteiger partial charge in [0.1, 0.15) is 0 Å². The smallest absolute Gasteiger partial charge is 0.0393 e. The second-order valence-corrected chi connectivity index (χ2v) is 6.40. The van der Waals surface area contributed by atoms with Crippen LogP contribution in [-0.2, 0) is 0 Å². The standard InChI is InChI=1S/C16H28N2/c1-13(11-17-16(3,4)5)12-18(6)15-10-8-7-9-14(15)2/h7-10,13,17H,11-12H2,1-6H3. The Morgan fingerprint density at radius 2 is 1.83 bits per heavy atom. The highest BCUT2D eigenvalue weighted by Crippen LogP contribution is 2.18. The Morgan fingerprint density at radius 1 is 1.22 bits per heavy atom. The summed E-state index contributed by atoms with van der Waals surface area (Å²) in [6, 6.07) is 8.57. The Hall–Kier alpha value is -1.02. The summed E-state index contributed by atoms with van der Waals surface area (Å²) in [7, 11) is 2.18. The van der Waals surface area contributed by atoms with Gasteiger partial charge in [0.05, 0.1) is 0 Å². The fourth-order valence-corrected chi connectivity index (χ4v) is 2.10. The van der Waals surface area contributed by atoms with Crippen LogP contribution >= 0.6 is 0 Å². The molecular formula is C16H28N2. The van der Waals surface area contributed by atoms with Gasteiger partial charge in [0, 0.05) is 24.8 Å². The number of para-hydroxylation sites is 1. The summed E-state index contributed by atoms with van der Waals surface area (Å²) in [4.78, 5) is 2.35. The lowest BCUT2D eigenvalue weighted by Crippen LogP contribution is -2.41. The minimum atomic E-state index is 0.204. The first-order valence-corrected chi connectivity index (χ1v) is 6.81. The molecule has 2 heteroatoms. The topological polar surface area (TPSA) is 15.3 Å². The summed E-state index contributed by atoms with van der Waals surface area (Å²) < 4.78 is 0. The molecule has 1 unspecified atom stereocenters. The summed E-state index contributed by atoms with van der Waals surface area (Å²) in [6.45, 7) is 13.2. The predicted octanol–water partition coefficient (Wildman–Crippen LogP) is 3.46. The van der Waals surface area contributed by atoms with Crippen LogP contribution in [0, 0.1) is 12.8 Å². The van der Waals surface area contributed by atoms with E-state index in [-0.39, 0.29) is 5.54 Å². The van der Waals surface area contributed by atoms with Crippen molar-refractivity contribution in [2.45, 2.75) is 40.2 Å². The molecule has 1 aromatic rings. The van der Waals surface area contributed by atoms with Crippen molar-refractivity contribution in [2.75, 3.05) is 25.0 Å². The lowest BCUT2D eigenvalue weighted by Gasteiger charge is -2.28. The molecule has 0 saturated heterocycles. The molecule has 0 aliphatic carbocycles. The van der Waals surface area contributed by atoms with Gasteiger partial charge < -0.3 is 10.2 Å². The normalized spacial score (nSPS) is 13.4. The van der Waals surface area contributed by atoms with Gasteiger partial charge in [0.15, 0.2) is 0 Å². The Bertz CT molecular complexity index is 366. The highest BCUT2D eigenvalue weighted by molar-refractivity contribution is 5.52. The minimum absolute atomic E-state index is 0.204. The van der Waals surface area contributed by atoms with Crippen molar-refractivity contribution >= 4 is 5.69 Å². The third-order valence-corrected chi connectivity index (χ3v) is 3.09. The van der Waals surface area contributed by atoms with Gasteiger partial charge in [-0.2, -0.15) is 0 Å². The molecular weight excluding hydrogens is 220 g/mol. The zero-order valence-corrected chi connectivity index (χ0v) is 12.7. The summed E-state index contributed by atoms with van der Waals surface area (Å²) in [5, 5.41) is 3.57. The number of hydrogen-bond donors (Lipinski definition) is 1. The van der Waals surface area contributed by atoms with Gasteiger partial charge in [-0.05, 0) is 51.8 Å². The minimum Gasteiger partial charge on any atom is -0.374 e. The molecule has 0 aliphatic rings. The van der Waals surface area contributed by atoms with Crippen molar-refractivity contribution < 1.29 is 0 Å². The van der Waals surface area contributed by atoms with Crippen LogP contribution in [0.3, 0.4) is 0 Å². The van der Waals surface area contributed by atoms with Crippen molar-refractivity contribution in [3.05, 3.63) is 29.8 Å². The van der Waals surface area contributed by atoms with Crippen LogP contribution in [0.25, 0.3) is 0 Å². The van der Waals surface area contributed by atoms with E-state index in [0.29, 0.717) is 5.92 Å². The maximum Gasteiger partial charge on any atom is 0.0393 e. The number of rotatable bonds is 5. The second kappa shape index (κ2) is 6.24. The number of nitrogens with one attached hydrogen (secondary N) is 1. The van der Waals surface area contributed by atoms with Crippen LogP contribution < -0.4 is 10.2 Å². The van der Waals surface area contributed by atoms with Crippen LogP contribution in [-0.4, -0.2) is 25.7 Å². The Kier molecular flexibility index (Phi) is 5.21. The van der Waals surface area contributed by atoms with E-state index in [0.717, 1.165) is 13.1 Å². The molecule has 2 nitrogen and oxygen atoms in total. The molecule has 0 aliphatic heterocycles. The van der Waals surface area contributed by atoms with E-state index in [9.17, 15) is 0 Å². The molecule has 0 radical (unpaired) electrons. The van der Waals surface area contributed by atoms with E-state index in [2.05, 4.69) is 76.1 Å². The molecule has 1 aromatic carbocycles. The molecule has 1 rings (SSSR count). The fraction of sp³-hybridized carbons (Fsp3) is 0.625. The second-order valence-electron chi connectivity index (χ2n) is 6.40. The summed E-state index contributed by atoms with van der Waals surface area (Å²) in [6.07, 6.45) is 0. The molecule has 0 aromatic heterocycles. The maximum atomic E-state index is 3.57. The van der Waals surface area contributed by atoms with Gasteiger partial charge in [-0.3, -0.25) is 0 Å². The number of hydrogen-bond acceptors (Lipinski definition) is 2. The van der Waals surface area contributed by atoms with E-state index in [1.165, 1.54) is 11.3 Å². The molecule has 0 bridgehead atoms. The van der Waals surface area contributed by atoms with E-state index in [4.69, 9.17) is 0 Å². The highest BCUT2D eigenvalue weighted by Gasteiger charge is 2.13. The van der Waals surface area contributed by atoms with E-state index < -0.39 is 0 Å². The number of anilines is 1. The molecule has 102 valence electrons. The fourth-order valence-electron chi connectivity index (χ4n) is 2.10. The molecule has 1 atom stereocenters. The molecule has 0 spiro atoms. The first-order chi connectivity index (χ1) is 8.29. The molecule has 1 N–H and O–H groups in total. The molecule has 18 heavy (non-hydrogen) atoms. The monoisotopic (exact) mass is 248 g/mol. The van der Waals surface area contributed by atoms with Crippen LogP contribution in [0.4, 0.5) is 5.69 Å². The average Bonchev–Trinajstić information content (AvgIpc) is 2.26. The number of aryl methyl sites for hydroxylation is 1. The summed E-state index contributed by atoms with van der Waals surface area (Å²) in [5.41, 5.74) is 2.88. The third-order valence-electron chi connectivity index (χ3n) is 3.09.